The summed E-state index contributed by atoms with van der Waals surface area (Å²) in [5.74, 6) is -1.35. The molecule has 4 radical (unpaired) electrons. The fraction of sp³-hybridized carbons (Fsp3) is 0.909. The molecule has 0 aliphatic carbocycles. The van der Waals surface area contributed by atoms with E-state index in [1.54, 1.807) is 0 Å². The van der Waals surface area contributed by atoms with Crippen LogP contribution < -0.4 is 0 Å². The van der Waals surface area contributed by atoms with E-state index in [0.717, 1.165) is 38.5 Å². The summed E-state index contributed by atoms with van der Waals surface area (Å²) in [6, 6.07) is 0. The first-order valence-corrected chi connectivity index (χ1v) is 9.27. The number of hydrogen-bond donors (Lipinski definition) is 2. The minimum absolute atomic E-state index is 0. The fourth-order valence-corrected chi connectivity index (χ4v) is 2.22. The van der Waals surface area contributed by atoms with Crippen LogP contribution in [0.1, 0.15) is 121 Å². The van der Waals surface area contributed by atoms with Crippen LogP contribution in [0.4, 0.5) is 0 Å². The smallest absolute Gasteiger partial charge is 0.303 e. The van der Waals surface area contributed by atoms with Gasteiger partial charge in [0.05, 0.1) is 0 Å². The second kappa shape index (κ2) is 20.5. The average molecular weight is 495 g/mol. The normalized spacial score (nSPS) is 10.3. The van der Waals surface area contributed by atoms with Gasteiger partial charge in [0.2, 0.25) is 0 Å². The van der Waals surface area contributed by atoms with Crippen LogP contribution in [-0.4, -0.2) is 46.1 Å². The minimum Gasteiger partial charge on any atom is -0.481 e. The number of unbranched alkanes of at least 4 members (excludes halogenated alkanes) is 4. The van der Waals surface area contributed by atoms with Gasteiger partial charge >= 0.3 is 11.9 Å². The van der Waals surface area contributed by atoms with E-state index >= 15 is 0 Å². The van der Waals surface area contributed by atoms with Gasteiger partial charge in [-0.3, -0.25) is 9.59 Å². The maximum atomic E-state index is 10.2. The number of carboxylic acid groups (broad SMARTS) is 2. The average Bonchev–Trinajstić information content (AvgIpc) is 2.35. The summed E-state index contributed by atoms with van der Waals surface area (Å²) in [5.41, 5.74) is 0.784. The van der Waals surface area contributed by atoms with Gasteiger partial charge in [0.25, 0.3) is 0 Å². The van der Waals surface area contributed by atoms with Gasteiger partial charge in [0.15, 0.2) is 0 Å². The molecule has 0 saturated heterocycles. The van der Waals surface area contributed by atoms with E-state index in [4.69, 9.17) is 10.2 Å². The van der Waals surface area contributed by atoms with E-state index in [0.29, 0.717) is 23.7 Å². The molecule has 0 aliphatic heterocycles. The molecule has 27 heavy (non-hydrogen) atoms. The largest absolute Gasteiger partial charge is 0.481 e. The molecule has 0 heterocycles. The summed E-state index contributed by atoms with van der Waals surface area (Å²) >= 11 is 0. The number of hydrogen-bond acceptors (Lipinski definition) is 2. The molecule has 0 bridgehead atoms. The van der Waals surface area contributed by atoms with Crippen molar-refractivity contribution in [3.05, 3.63) is 0 Å². The van der Waals surface area contributed by atoms with Gasteiger partial charge < -0.3 is 10.2 Å². The molecule has 4 nitrogen and oxygen atoms in total. The molecule has 0 atom stereocenters. The van der Waals surface area contributed by atoms with E-state index in [-0.39, 0.29) is 38.8 Å². The van der Waals surface area contributed by atoms with Crippen molar-refractivity contribution in [1.82, 2.24) is 0 Å². The predicted molar refractivity (Wildman–Crippen MR) is 120 cm³/mol. The summed E-state index contributed by atoms with van der Waals surface area (Å²) in [6.45, 7) is 13.3. The Kier molecular flexibility index (Phi) is 28.4. The Hall–Kier alpha value is -0.261. The van der Waals surface area contributed by atoms with E-state index < -0.39 is 11.9 Å². The Balaban J connectivity index is -0.000000108. The van der Waals surface area contributed by atoms with Crippen molar-refractivity contribution in [2.45, 2.75) is 121 Å². The molecule has 0 aromatic carbocycles. The number of rotatable bonds is 10. The van der Waals surface area contributed by atoms with Crippen LogP contribution in [0.15, 0.2) is 0 Å². The molecule has 0 rings (SSSR count). The van der Waals surface area contributed by atoms with Gasteiger partial charge in [0.1, 0.15) is 0 Å². The Morgan fingerprint density at radius 2 is 0.852 bits per heavy atom. The van der Waals surface area contributed by atoms with E-state index in [1.807, 2.05) is 0 Å². The van der Waals surface area contributed by atoms with Crippen LogP contribution in [0.2, 0.25) is 0 Å². The SMILES string of the molecule is C.C.CC(C)(C)CCCCCC(=O)O.CC(C)(C)CCCCCC(=O)O.[Sn]. The molecule has 2 N–H and O–H groups in total. The molecule has 0 aromatic rings. The van der Waals surface area contributed by atoms with Gasteiger partial charge in [-0.2, -0.15) is 0 Å². The van der Waals surface area contributed by atoms with Crippen molar-refractivity contribution in [3.8, 4) is 0 Å². The molecular weight excluding hydrogens is 447 g/mol. The molecule has 0 saturated carbocycles. The minimum atomic E-state index is -0.675. The molecule has 0 spiro atoms. The van der Waals surface area contributed by atoms with Crippen LogP contribution in [0.25, 0.3) is 0 Å². The quantitative estimate of drug-likeness (QED) is 0.252. The summed E-state index contributed by atoms with van der Waals surface area (Å²) in [4.78, 5) is 20.3. The molecule has 0 amide bonds. The number of carboxylic acids is 2. The second-order valence-electron chi connectivity index (χ2n) is 9.03. The zero-order valence-corrected chi connectivity index (χ0v) is 20.1. The molecule has 0 aliphatic rings. The summed E-state index contributed by atoms with van der Waals surface area (Å²) in [6.07, 6.45) is 9.06. The number of carbonyl (C=O) groups is 2. The zero-order chi connectivity index (χ0) is 19.2. The molecule has 0 unspecified atom stereocenters. The van der Waals surface area contributed by atoms with Crippen LogP contribution in [-0.2, 0) is 9.59 Å². The monoisotopic (exact) mass is 496 g/mol. The van der Waals surface area contributed by atoms with Crippen LogP contribution >= 0.6 is 0 Å². The molecule has 0 aromatic heterocycles. The summed E-state index contributed by atoms with van der Waals surface area (Å²) in [5, 5.41) is 16.7. The van der Waals surface area contributed by atoms with Crippen molar-refractivity contribution in [1.29, 1.82) is 0 Å². The van der Waals surface area contributed by atoms with Gasteiger partial charge in [-0.15, -0.1) is 0 Å². The third-order valence-electron chi connectivity index (χ3n) is 3.63. The van der Waals surface area contributed by atoms with Gasteiger partial charge in [-0.25, -0.2) is 0 Å². The van der Waals surface area contributed by atoms with Crippen molar-refractivity contribution in [3.63, 3.8) is 0 Å². The number of aliphatic carboxylic acids is 2. The standard InChI is InChI=1S/2C10H20O2.2CH4.Sn/c2*1-10(2,3)8-6-4-5-7-9(11)12;;;/h2*4-8H2,1-3H3,(H,11,12);2*1H4;. The first-order valence-electron chi connectivity index (χ1n) is 9.27. The maximum absolute atomic E-state index is 10.2. The third-order valence-corrected chi connectivity index (χ3v) is 3.63. The van der Waals surface area contributed by atoms with Gasteiger partial charge in [0, 0.05) is 36.7 Å². The Bertz CT molecular complexity index is 307. The zero-order valence-electron chi connectivity index (χ0n) is 17.3. The molecule has 0 fully saturated rings. The Morgan fingerprint density at radius 3 is 1.04 bits per heavy atom. The summed E-state index contributed by atoms with van der Waals surface area (Å²) in [7, 11) is 0. The Morgan fingerprint density at radius 1 is 0.593 bits per heavy atom. The van der Waals surface area contributed by atoms with E-state index in [9.17, 15) is 9.59 Å². The van der Waals surface area contributed by atoms with Crippen molar-refractivity contribution >= 4 is 35.8 Å². The Labute approximate surface area is 186 Å². The predicted octanol–water partition coefficient (Wildman–Crippen LogP) is 7.03. The van der Waals surface area contributed by atoms with E-state index in [2.05, 4.69) is 41.5 Å². The van der Waals surface area contributed by atoms with Crippen LogP contribution in [0.5, 0.6) is 0 Å². The first kappa shape index (κ1) is 37.5. The third kappa shape index (κ3) is 46.1. The first-order chi connectivity index (χ1) is 10.8. The van der Waals surface area contributed by atoms with Gasteiger partial charge in [-0.05, 0) is 36.5 Å². The molecule has 5 heteroatoms. The fourth-order valence-electron chi connectivity index (χ4n) is 2.22. The summed E-state index contributed by atoms with van der Waals surface area (Å²) < 4.78 is 0. The van der Waals surface area contributed by atoms with Gasteiger partial charge in [-0.1, -0.05) is 82.1 Å². The molecule has 164 valence electrons. The van der Waals surface area contributed by atoms with Crippen LogP contribution in [0.3, 0.4) is 0 Å². The van der Waals surface area contributed by atoms with E-state index in [1.165, 1.54) is 12.8 Å². The van der Waals surface area contributed by atoms with Crippen LogP contribution in [0, 0.1) is 10.8 Å². The maximum Gasteiger partial charge on any atom is 0.303 e. The topological polar surface area (TPSA) is 74.6 Å². The van der Waals surface area contributed by atoms with Crippen molar-refractivity contribution < 1.29 is 19.8 Å². The van der Waals surface area contributed by atoms with Crippen molar-refractivity contribution in [2.24, 2.45) is 10.8 Å². The molecular formula is C22H48O4Sn. The van der Waals surface area contributed by atoms with Crippen molar-refractivity contribution in [2.75, 3.05) is 0 Å². The second-order valence-corrected chi connectivity index (χ2v) is 9.03.